The maximum Gasteiger partial charge on any atom is 0.317 e. The van der Waals surface area contributed by atoms with Crippen molar-refractivity contribution in [3.63, 3.8) is 0 Å². The van der Waals surface area contributed by atoms with Gasteiger partial charge in [-0.15, -0.1) is 11.3 Å². The van der Waals surface area contributed by atoms with Crippen LogP contribution in [0.4, 0.5) is 4.79 Å². The second-order valence-electron chi connectivity index (χ2n) is 4.99. The highest BCUT2D eigenvalue weighted by Crippen LogP contribution is 2.11. The highest BCUT2D eigenvalue weighted by atomic mass is 32.1. The minimum absolute atomic E-state index is 0.0688. The molecule has 0 atom stereocenters. The van der Waals surface area contributed by atoms with Crippen LogP contribution in [0, 0.1) is 6.92 Å². The van der Waals surface area contributed by atoms with Gasteiger partial charge in [-0.2, -0.15) is 0 Å². The fraction of sp³-hybridized carbons (Fsp3) is 0.615. The summed E-state index contributed by atoms with van der Waals surface area (Å²) in [4.78, 5) is 31.7. The maximum atomic E-state index is 12.1. The van der Waals surface area contributed by atoms with Crippen molar-refractivity contribution in [2.24, 2.45) is 0 Å². The molecule has 1 aromatic rings. The van der Waals surface area contributed by atoms with Gasteiger partial charge in [0.2, 0.25) is 0 Å². The second-order valence-corrected chi connectivity index (χ2v) is 5.93. The van der Waals surface area contributed by atoms with E-state index in [-0.39, 0.29) is 12.5 Å². The van der Waals surface area contributed by atoms with E-state index in [1.54, 1.807) is 10.4 Å². The molecule has 0 aliphatic carbocycles. The van der Waals surface area contributed by atoms with Gasteiger partial charge in [0.05, 0.1) is 24.2 Å². The van der Waals surface area contributed by atoms with E-state index in [0.717, 1.165) is 23.7 Å². The van der Waals surface area contributed by atoms with Crippen molar-refractivity contribution in [3.05, 3.63) is 16.1 Å². The van der Waals surface area contributed by atoms with Gasteiger partial charge >= 0.3 is 12.0 Å². The van der Waals surface area contributed by atoms with E-state index in [0.29, 0.717) is 26.2 Å². The first-order valence-corrected chi connectivity index (χ1v) is 7.80. The molecule has 8 heteroatoms. The number of aromatic nitrogens is 1. The molecule has 0 spiro atoms. The number of hydrogen-bond donors (Lipinski definition) is 2. The number of urea groups is 1. The normalized spacial score (nSPS) is 16.0. The summed E-state index contributed by atoms with van der Waals surface area (Å²) in [5.74, 6) is -0.782. The number of hydrogen-bond acceptors (Lipinski definition) is 5. The summed E-state index contributed by atoms with van der Waals surface area (Å²) in [6.45, 7) is 5.69. The number of thiazole rings is 1. The van der Waals surface area contributed by atoms with E-state index >= 15 is 0 Å². The zero-order valence-electron chi connectivity index (χ0n) is 12.0. The van der Waals surface area contributed by atoms with E-state index in [1.807, 2.05) is 6.92 Å². The Morgan fingerprint density at radius 3 is 2.67 bits per heavy atom. The molecule has 2 amide bonds. The number of piperazine rings is 1. The summed E-state index contributed by atoms with van der Waals surface area (Å²) in [6, 6.07) is -0.0688. The van der Waals surface area contributed by atoms with Crippen molar-refractivity contribution >= 4 is 23.3 Å². The third-order valence-corrected chi connectivity index (χ3v) is 4.48. The summed E-state index contributed by atoms with van der Waals surface area (Å²) in [6.07, 6.45) is 0.150. The number of carboxylic acid groups (broad SMARTS) is 1. The van der Waals surface area contributed by atoms with Gasteiger partial charge in [-0.1, -0.05) is 0 Å². The minimum Gasteiger partial charge on any atom is -0.481 e. The van der Waals surface area contributed by atoms with Crippen LogP contribution in [-0.4, -0.2) is 64.6 Å². The molecule has 21 heavy (non-hydrogen) atoms. The van der Waals surface area contributed by atoms with Crippen LogP contribution in [0.5, 0.6) is 0 Å². The molecule has 0 saturated carbocycles. The molecular formula is C13H20N4O3S. The Kier molecular flexibility index (Phi) is 5.51. The summed E-state index contributed by atoms with van der Waals surface area (Å²) in [5.41, 5.74) is 2.73. The molecule has 2 N–H and O–H groups in total. The average Bonchev–Trinajstić information content (AvgIpc) is 2.88. The zero-order chi connectivity index (χ0) is 15.2. The van der Waals surface area contributed by atoms with Gasteiger partial charge in [0.15, 0.2) is 0 Å². The largest absolute Gasteiger partial charge is 0.481 e. The van der Waals surface area contributed by atoms with Crippen LogP contribution in [0.15, 0.2) is 5.51 Å². The fourth-order valence-electron chi connectivity index (χ4n) is 2.19. The van der Waals surface area contributed by atoms with E-state index < -0.39 is 5.97 Å². The second kappa shape index (κ2) is 7.37. The molecule has 1 aromatic heterocycles. The van der Waals surface area contributed by atoms with Crippen molar-refractivity contribution in [1.29, 1.82) is 0 Å². The molecule has 0 aromatic carbocycles. The molecule has 1 fully saturated rings. The first kappa shape index (κ1) is 15.7. The lowest BCUT2D eigenvalue weighted by Crippen LogP contribution is -2.51. The first-order valence-electron chi connectivity index (χ1n) is 6.92. The van der Waals surface area contributed by atoms with Crippen LogP contribution in [0.3, 0.4) is 0 Å². The van der Waals surface area contributed by atoms with Crippen LogP contribution in [0.2, 0.25) is 0 Å². The average molecular weight is 312 g/mol. The zero-order valence-corrected chi connectivity index (χ0v) is 12.9. The topological polar surface area (TPSA) is 85.8 Å². The summed E-state index contributed by atoms with van der Waals surface area (Å²) < 4.78 is 0. The quantitative estimate of drug-likeness (QED) is 0.838. The molecule has 7 nitrogen and oxygen atoms in total. The number of amides is 2. The molecule has 2 rings (SSSR count). The molecule has 1 saturated heterocycles. The third-order valence-electron chi connectivity index (χ3n) is 3.55. The van der Waals surface area contributed by atoms with Crippen LogP contribution < -0.4 is 5.32 Å². The standard InChI is InChI=1S/C13H20N4O3S/c1-10-11(21-9-15-10)8-14-13(20)17-6-4-16(5-7-17)3-2-12(18)19/h9H,2-8H2,1H3,(H,14,20)(H,18,19). The lowest BCUT2D eigenvalue weighted by atomic mass is 10.3. The van der Waals surface area contributed by atoms with E-state index in [1.165, 1.54) is 11.3 Å². The number of carboxylic acids is 1. The van der Waals surface area contributed by atoms with Crippen molar-refractivity contribution in [3.8, 4) is 0 Å². The Morgan fingerprint density at radius 1 is 1.38 bits per heavy atom. The Hall–Kier alpha value is -1.67. The smallest absolute Gasteiger partial charge is 0.317 e. The van der Waals surface area contributed by atoms with Gasteiger partial charge in [-0.25, -0.2) is 9.78 Å². The van der Waals surface area contributed by atoms with Crippen LogP contribution >= 0.6 is 11.3 Å². The van der Waals surface area contributed by atoms with Crippen LogP contribution in [-0.2, 0) is 11.3 Å². The summed E-state index contributed by atoms with van der Waals surface area (Å²) in [7, 11) is 0. The minimum atomic E-state index is -0.782. The van der Waals surface area contributed by atoms with E-state index in [9.17, 15) is 9.59 Å². The molecule has 0 radical (unpaired) electrons. The van der Waals surface area contributed by atoms with Gasteiger partial charge in [0.25, 0.3) is 0 Å². The Balaban J connectivity index is 1.70. The molecule has 1 aliphatic rings. The Labute approximate surface area is 127 Å². The number of nitrogens with zero attached hydrogens (tertiary/aromatic N) is 3. The van der Waals surface area contributed by atoms with Gasteiger partial charge in [0, 0.05) is 37.6 Å². The Morgan fingerprint density at radius 2 is 2.10 bits per heavy atom. The third kappa shape index (κ3) is 4.68. The monoisotopic (exact) mass is 312 g/mol. The predicted octanol–water partition coefficient (Wildman–Crippen LogP) is 0.753. The Bertz CT molecular complexity index is 497. The molecule has 2 heterocycles. The fourth-order valence-corrected chi connectivity index (χ4v) is 2.91. The molecule has 116 valence electrons. The lowest BCUT2D eigenvalue weighted by molar-refractivity contribution is -0.137. The maximum absolute atomic E-state index is 12.1. The van der Waals surface area contributed by atoms with Crippen molar-refractivity contribution in [1.82, 2.24) is 20.1 Å². The number of rotatable bonds is 5. The van der Waals surface area contributed by atoms with E-state index in [2.05, 4.69) is 15.2 Å². The van der Waals surface area contributed by atoms with Crippen molar-refractivity contribution < 1.29 is 14.7 Å². The lowest BCUT2D eigenvalue weighted by Gasteiger charge is -2.34. The van der Waals surface area contributed by atoms with Gasteiger partial charge < -0.3 is 15.3 Å². The van der Waals surface area contributed by atoms with Gasteiger partial charge in [0.1, 0.15) is 0 Å². The molecular weight excluding hydrogens is 292 g/mol. The van der Waals surface area contributed by atoms with Gasteiger partial charge in [-0.3, -0.25) is 9.69 Å². The summed E-state index contributed by atoms with van der Waals surface area (Å²) >= 11 is 1.54. The molecule has 0 unspecified atom stereocenters. The SMILES string of the molecule is Cc1ncsc1CNC(=O)N1CCN(CCC(=O)O)CC1. The number of carbonyl (C=O) groups excluding carboxylic acids is 1. The number of aliphatic carboxylic acids is 1. The van der Waals surface area contributed by atoms with Crippen LogP contribution in [0.1, 0.15) is 17.0 Å². The van der Waals surface area contributed by atoms with Crippen molar-refractivity contribution in [2.45, 2.75) is 19.9 Å². The molecule has 0 bridgehead atoms. The highest BCUT2D eigenvalue weighted by Gasteiger charge is 2.21. The first-order chi connectivity index (χ1) is 10.1. The number of aryl methyl sites for hydroxylation is 1. The van der Waals surface area contributed by atoms with Gasteiger partial charge in [-0.05, 0) is 6.92 Å². The molecule has 1 aliphatic heterocycles. The van der Waals surface area contributed by atoms with Crippen LogP contribution in [0.25, 0.3) is 0 Å². The number of carbonyl (C=O) groups is 2. The van der Waals surface area contributed by atoms with E-state index in [4.69, 9.17) is 5.11 Å². The number of nitrogens with one attached hydrogen (secondary N) is 1. The summed E-state index contributed by atoms with van der Waals surface area (Å²) in [5, 5.41) is 11.6. The van der Waals surface area contributed by atoms with Crippen molar-refractivity contribution in [2.75, 3.05) is 32.7 Å². The predicted molar refractivity (Wildman–Crippen MR) is 79.4 cm³/mol. The highest BCUT2D eigenvalue weighted by molar-refractivity contribution is 7.09.